The van der Waals surface area contributed by atoms with Crippen LogP contribution in [0.5, 0.6) is 0 Å². The summed E-state index contributed by atoms with van der Waals surface area (Å²) in [5.74, 6) is -0.216. The Kier molecular flexibility index (Phi) is 2.60. The van der Waals surface area contributed by atoms with Crippen molar-refractivity contribution >= 4 is 22.5 Å². The summed E-state index contributed by atoms with van der Waals surface area (Å²) in [6, 6.07) is 9.59. The lowest BCUT2D eigenvalue weighted by Crippen LogP contribution is -2.21. The van der Waals surface area contributed by atoms with Crippen LogP contribution in [0.4, 0.5) is 5.69 Å². The van der Waals surface area contributed by atoms with E-state index in [2.05, 4.69) is 10.3 Å². The molecule has 2 rings (SSSR count). The van der Waals surface area contributed by atoms with Crippen molar-refractivity contribution in [2.75, 3.05) is 11.9 Å². The molecule has 1 amide bonds. The Morgan fingerprint density at radius 1 is 1.40 bits per heavy atom. The summed E-state index contributed by atoms with van der Waals surface area (Å²) in [5, 5.41) is 3.65. The van der Waals surface area contributed by atoms with E-state index in [0.29, 0.717) is 5.69 Å². The fourth-order valence-corrected chi connectivity index (χ4v) is 1.35. The molecule has 2 aromatic rings. The van der Waals surface area contributed by atoms with Gasteiger partial charge in [-0.25, -0.2) is 0 Å². The van der Waals surface area contributed by atoms with E-state index < -0.39 is 0 Å². The van der Waals surface area contributed by atoms with Crippen molar-refractivity contribution in [3.8, 4) is 0 Å². The molecule has 0 fully saturated rings. The lowest BCUT2D eigenvalue weighted by Gasteiger charge is -2.03. The van der Waals surface area contributed by atoms with Crippen LogP contribution in [0.25, 0.3) is 10.9 Å². The standard InChI is InChI=1S/C11H11N3O/c12-6-11(15)14-9-5-8-3-1-2-4-10(8)13-7-9/h1-5,7H,6,12H2,(H,14,15). The molecule has 1 aromatic carbocycles. The van der Waals surface area contributed by atoms with E-state index in [0.717, 1.165) is 10.9 Å². The van der Waals surface area contributed by atoms with Crippen LogP contribution < -0.4 is 11.1 Å². The molecule has 0 unspecified atom stereocenters. The highest BCUT2D eigenvalue weighted by molar-refractivity contribution is 5.94. The van der Waals surface area contributed by atoms with Crippen molar-refractivity contribution < 1.29 is 4.79 Å². The smallest absolute Gasteiger partial charge is 0.238 e. The van der Waals surface area contributed by atoms with Crippen LogP contribution in [0.1, 0.15) is 0 Å². The van der Waals surface area contributed by atoms with E-state index in [-0.39, 0.29) is 12.5 Å². The monoisotopic (exact) mass is 201 g/mol. The van der Waals surface area contributed by atoms with E-state index in [1.807, 2.05) is 30.3 Å². The Hall–Kier alpha value is -1.94. The minimum Gasteiger partial charge on any atom is -0.324 e. The van der Waals surface area contributed by atoms with Crippen molar-refractivity contribution in [2.45, 2.75) is 0 Å². The summed E-state index contributed by atoms with van der Waals surface area (Å²) >= 11 is 0. The second kappa shape index (κ2) is 4.06. The van der Waals surface area contributed by atoms with E-state index in [1.54, 1.807) is 6.20 Å². The molecule has 0 saturated carbocycles. The van der Waals surface area contributed by atoms with Gasteiger partial charge in [0, 0.05) is 5.39 Å². The third kappa shape index (κ3) is 2.11. The van der Waals surface area contributed by atoms with Crippen molar-refractivity contribution in [2.24, 2.45) is 5.73 Å². The summed E-state index contributed by atoms with van der Waals surface area (Å²) in [6.07, 6.45) is 1.62. The van der Waals surface area contributed by atoms with Gasteiger partial charge < -0.3 is 11.1 Å². The summed E-state index contributed by atoms with van der Waals surface area (Å²) in [7, 11) is 0. The summed E-state index contributed by atoms with van der Waals surface area (Å²) in [4.78, 5) is 15.3. The number of para-hydroxylation sites is 1. The lowest BCUT2D eigenvalue weighted by atomic mass is 10.2. The maximum absolute atomic E-state index is 11.1. The highest BCUT2D eigenvalue weighted by Gasteiger charge is 2.00. The molecule has 3 N–H and O–H groups in total. The van der Waals surface area contributed by atoms with E-state index in [9.17, 15) is 4.79 Å². The number of fused-ring (bicyclic) bond motifs is 1. The van der Waals surface area contributed by atoms with Gasteiger partial charge in [-0.2, -0.15) is 0 Å². The third-order valence-corrected chi connectivity index (χ3v) is 2.06. The maximum Gasteiger partial charge on any atom is 0.238 e. The molecule has 0 bridgehead atoms. The van der Waals surface area contributed by atoms with E-state index >= 15 is 0 Å². The largest absolute Gasteiger partial charge is 0.324 e. The number of anilines is 1. The normalized spacial score (nSPS) is 10.2. The highest BCUT2D eigenvalue weighted by atomic mass is 16.1. The number of hydrogen-bond donors (Lipinski definition) is 2. The van der Waals surface area contributed by atoms with Gasteiger partial charge in [0.1, 0.15) is 0 Å². The second-order valence-corrected chi connectivity index (χ2v) is 3.17. The predicted octanol–water partition coefficient (Wildman–Crippen LogP) is 1.13. The van der Waals surface area contributed by atoms with Crippen LogP contribution in [0.15, 0.2) is 36.5 Å². The molecule has 0 atom stereocenters. The molecule has 0 spiro atoms. The number of benzene rings is 1. The van der Waals surface area contributed by atoms with E-state index in [1.165, 1.54) is 0 Å². The Bertz CT molecular complexity index is 496. The van der Waals surface area contributed by atoms with Crippen molar-refractivity contribution in [1.29, 1.82) is 0 Å². The molecule has 76 valence electrons. The fraction of sp³-hybridized carbons (Fsp3) is 0.0909. The Labute approximate surface area is 87.1 Å². The van der Waals surface area contributed by atoms with Crippen LogP contribution in [-0.2, 0) is 4.79 Å². The summed E-state index contributed by atoms with van der Waals surface area (Å²) in [5.41, 5.74) is 6.78. The van der Waals surface area contributed by atoms with Crippen molar-refractivity contribution in [3.05, 3.63) is 36.5 Å². The third-order valence-electron chi connectivity index (χ3n) is 2.06. The average molecular weight is 201 g/mol. The van der Waals surface area contributed by atoms with E-state index in [4.69, 9.17) is 5.73 Å². The first kappa shape index (κ1) is 9.61. The van der Waals surface area contributed by atoms with Gasteiger partial charge >= 0.3 is 0 Å². The molecule has 0 aliphatic rings. The van der Waals surface area contributed by atoms with Crippen LogP contribution in [0, 0.1) is 0 Å². The van der Waals surface area contributed by atoms with Gasteiger partial charge in [-0.05, 0) is 12.1 Å². The molecule has 1 heterocycles. The molecule has 0 saturated heterocycles. The number of carbonyl (C=O) groups is 1. The summed E-state index contributed by atoms with van der Waals surface area (Å²) < 4.78 is 0. The van der Waals surface area contributed by atoms with Crippen molar-refractivity contribution in [1.82, 2.24) is 4.98 Å². The zero-order valence-corrected chi connectivity index (χ0v) is 8.10. The van der Waals surface area contributed by atoms with Gasteiger partial charge in [0.2, 0.25) is 5.91 Å². The first-order valence-electron chi connectivity index (χ1n) is 4.64. The molecule has 4 nitrogen and oxygen atoms in total. The minimum atomic E-state index is -0.216. The molecule has 15 heavy (non-hydrogen) atoms. The average Bonchev–Trinajstić information content (AvgIpc) is 2.29. The van der Waals surface area contributed by atoms with Gasteiger partial charge in [-0.1, -0.05) is 18.2 Å². The topological polar surface area (TPSA) is 68.0 Å². The summed E-state index contributed by atoms with van der Waals surface area (Å²) in [6.45, 7) is -0.0210. The number of aromatic nitrogens is 1. The zero-order chi connectivity index (χ0) is 10.7. The van der Waals surface area contributed by atoms with Crippen LogP contribution in [0.3, 0.4) is 0 Å². The lowest BCUT2D eigenvalue weighted by molar-refractivity contribution is -0.114. The zero-order valence-electron chi connectivity index (χ0n) is 8.10. The molecule has 0 aliphatic carbocycles. The number of pyridine rings is 1. The number of hydrogen-bond acceptors (Lipinski definition) is 3. The van der Waals surface area contributed by atoms with Gasteiger partial charge in [0.25, 0.3) is 0 Å². The predicted molar refractivity (Wildman–Crippen MR) is 59.4 cm³/mol. The minimum absolute atomic E-state index is 0.0210. The Morgan fingerprint density at radius 2 is 2.20 bits per heavy atom. The highest BCUT2D eigenvalue weighted by Crippen LogP contribution is 2.15. The van der Waals surface area contributed by atoms with Crippen LogP contribution in [0.2, 0.25) is 0 Å². The first-order valence-corrected chi connectivity index (χ1v) is 4.64. The van der Waals surface area contributed by atoms with Gasteiger partial charge in [0.15, 0.2) is 0 Å². The quantitative estimate of drug-likeness (QED) is 0.765. The molecular weight excluding hydrogens is 190 g/mol. The Morgan fingerprint density at radius 3 is 3.00 bits per heavy atom. The fourth-order valence-electron chi connectivity index (χ4n) is 1.35. The number of rotatable bonds is 2. The maximum atomic E-state index is 11.1. The SMILES string of the molecule is NCC(=O)Nc1cnc2ccccc2c1. The molecular formula is C11H11N3O. The first-order chi connectivity index (χ1) is 7.29. The van der Waals surface area contributed by atoms with Gasteiger partial charge in [0.05, 0.1) is 23.9 Å². The Balaban J connectivity index is 2.34. The number of amides is 1. The van der Waals surface area contributed by atoms with Crippen LogP contribution in [-0.4, -0.2) is 17.4 Å². The number of carbonyl (C=O) groups excluding carboxylic acids is 1. The molecule has 1 aromatic heterocycles. The van der Waals surface area contributed by atoms with Gasteiger partial charge in [-0.15, -0.1) is 0 Å². The number of nitrogens with one attached hydrogen (secondary N) is 1. The molecule has 0 aliphatic heterocycles. The molecule has 4 heteroatoms. The number of nitrogens with zero attached hydrogens (tertiary/aromatic N) is 1. The number of nitrogens with two attached hydrogens (primary N) is 1. The molecule has 0 radical (unpaired) electrons. The van der Waals surface area contributed by atoms with Crippen LogP contribution >= 0.6 is 0 Å². The second-order valence-electron chi connectivity index (χ2n) is 3.17. The van der Waals surface area contributed by atoms with Crippen molar-refractivity contribution in [3.63, 3.8) is 0 Å². The van der Waals surface area contributed by atoms with Gasteiger partial charge in [-0.3, -0.25) is 9.78 Å².